The van der Waals surface area contributed by atoms with Crippen LogP contribution in [-0.2, 0) is 11.3 Å². The number of nitrogens with two attached hydrogens (primary N) is 1. The largest absolute Gasteiger partial charge is 0.465 e. The molecule has 0 amide bonds. The molecule has 0 radical (unpaired) electrons. The highest BCUT2D eigenvalue weighted by atomic mass is 32.1. The van der Waals surface area contributed by atoms with Gasteiger partial charge in [-0.2, -0.15) is 0 Å². The summed E-state index contributed by atoms with van der Waals surface area (Å²) < 4.78 is 4.78. The normalized spacial score (nSPS) is 10.7. The Hall–Kier alpha value is -2.01. The smallest absolute Gasteiger partial charge is 0.340 e. The lowest BCUT2D eigenvalue weighted by molar-refractivity contribution is 0.0602. The van der Waals surface area contributed by atoms with Gasteiger partial charge in [0.1, 0.15) is 0 Å². The fourth-order valence-corrected chi connectivity index (χ4v) is 2.91. The van der Waals surface area contributed by atoms with E-state index >= 15 is 0 Å². The van der Waals surface area contributed by atoms with Crippen LogP contribution < -0.4 is 10.6 Å². The van der Waals surface area contributed by atoms with E-state index in [1.807, 2.05) is 18.2 Å². The third-order valence-electron chi connectivity index (χ3n) is 3.33. The molecule has 5 heteroatoms. The Morgan fingerprint density at radius 3 is 2.67 bits per heavy atom. The molecule has 112 valence electrons. The van der Waals surface area contributed by atoms with Crippen molar-refractivity contribution in [3.63, 3.8) is 0 Å². The maximum Gasteiger partial charge on any atom is 0.340 e. The molecule has 21 heavy (non-hydrogen) atoms. The minimum absolute atomic E-state index is 0.266. The van der Waals surface area contributed by atoms with Crippen molar-refractivity contribution in [1.82, 2.24) is 0 Å². The Bertz CT molecular complexity index is 609. The van der Waals surface area contributed by atoms with E-state index in [1.165, 1.54) is 12.0 Å². The van der Waals surface area contributed by atoms with Gasteiger partial charge in [-0.25, -0.2) is 4.79 Å². The van der Waals surface area contributed by atoms with Crippen molar-refractivity contribution >= 4 is 28.7 Å². The number of esters is 1. The second-order valence-electron chi connectivity index (χ2n) is 5.03. The second-order valence-corrected chi connectivity index (χ2v) is 6.06. The molecule has 0 aliphatic heterocycles. The van der Waals surface area contributed by atoms with Gasteiger partial charge in [-0.1, -0.05) is 12.1 Å². The van der Waals surface area contributed by atoms with E-state index in [2.05, 4.69) is 30.2 Å². The zero-order valence-electron chi connectivity index (χ0n) is 12.5. The Morgan fingerprint density at radius 1 is 1.33 bits per heavy atom. The van der Waals surface area contributed by atoms with Crippen LogP contribution in [0.25, 0.3) is 0 Å². The second kappa shape index (κ2) is 6.63. The number of hydrogen-bond donors (Lipinski definition) is 1. The van der Waals surface area contributed by atoms with Crippen molar-refractivity contribution in [3.8, 4) is 0 Å². The molecular formula is C16H20N2O2S. The van der Waals surface area contributed by atoms with Gasteiger partial charge < -0.3 is 15.4 Å². The molecule has 0 aliphatic rings. The van der Waals surface area contributed by atoms with Crippen molar-refractivity contribution in [2.24, 2.45) is 0 Å². The zero-order chi connectivity index (χ0) is 15.4. The number of nitrogens with zero attached hydrogens (tertiary/aromatic N) is 1. The molecule has 2 rings (SSSR count). The minimum Gasteiger partial charge on any atom is -0.465 e. The molecule has 2 aromatic rings. The van der Waals surface area contributed by atoms with Gasteiger partial charge in [0.25, 0.3) is 0 Å². The maximum absolute atomic E-state index is 11.8. The van der Waals surface area contributed by atoms with Crippen molar-refractivity contribution in [2.45, 2.75) is 26.4 Å². The molecule has 0 aliphatic carbocycles. The van der Waals surface area contributed by atoms with E-state index in [1.54, 1.807) is 17.4 Å². The van der Waals surface area contributed by atoms with Crippen LogP contribution in [0, 0.1) is 0 Å². The Labute approximate surface area is 129 Å². The third kappa shape index (κ3) is 3.36. The van der Waals surface area contributed by atoms with Crippen molar-refractivity contribution in [1.29, 1.82) is 0 Å². The summed E-state index contributed by atoms with van der Waals surface area (Å²) >= 11 is 1.71. The highest BCUT2D eigenvalue weighted by Crippen LogP contribution is 2.30. The summed E-state index contributed by atoms with van der Waals surface area (Å²) in [4.78, 5) is 15.2. The molecule has 1 aromatic carbocycles. The van der Waals surface area contributed by atoms with Gasteiger partial charge in [0.2, 0.25) is 0 Å². The summed E-state index contributed by atoms with van der Waals surface area (Å²) in [6, 6.07) is 9.86. The predicted molar refractivity (Wildman–Crippen MR) is 87.8 cm³/mol. The minimum atomic E-state index is -0.408. The van der Waals surface area contributed by atoms with Gasteiger partial charge in [0.05, 0.1) is 30.6 Å². The summed E-state index contributed by atoms with van der Waals surface area (Å²) in [7, 11) is 1.36. The molecule has 1 heterocycles. The van der Waals surface area contributed by atoms with Crippen LogP contribution in [0.4, 0.5) is 11.4 Å². The van der Waals surface area contributed by atoms with E-state index in [4.69, 9.17) is 10.5 Å². The Morgan fingerprint density at radius 2 is 2.10 bits per heavy atom. The molecule has 0 saturated heterocycles. The monoisotopic (exact) mass is 304 g/mol. The summed E-state index contributed by atoms with van der Waals surface area (Å²) in [5.41, 5.74) is 7.93. The van der Waals surface area contributed by atoms with Crippen LogP contribution in [0.15, 0.2) is 35.7 Å². The molecule has 0 fully saturated rings. The SMILES string of the molecule is COC(=O)c1cccc(N(Cc2cccs2)C(C)C)c1N. The van der Waals surface area contributed by atoms with E-state index in [0.717, 1.165) is 12.2 Å². The standard InChI is InChI=1S/C16H20N2O2S/c1-11(2)18(10-12-6-5-9-21-12)14-8-4-7-13(15(14)17)16(19)20-3/h4-9,11H,10,17H2,1-3H3. The van der Waals surface area contributed by atoms with Crippen molar-refractivity contribution in [3.05, 3.63) is 46.2 Å². The Balaban J connectivity index is 2.39. The van der Waals surface area contributed by atoms with Gasteiger partial charge in [0, 0.05) is 10.9 Å². The van der Waals surface area contributed by atoms with Gasteiger partial charge >= 0.3 is 5.97 Å². The maximum atomic E-state index is 11.8. The molecule has 1 aromatic heterocycles. The van der Waals surface area contributed by atoms with Crippen LogP contribution in [-0.4, -0.2) is 19.1 Å². The molecule has 0 unspecified atom stereocenters. The fourth-order valence-electron chi connectivity index (χ4n) is 2.21. The van der Waals surface area contributed by atoms with Gasteiger partial charge in [0.15, 0.2) is 0 Å². The first kappa shape index (κ1) is 15.4. The van der Waals surface area contributed by atoms with Crippen LogP contribution in [0.5, 0.6) is 0 Å². The highest BCUT2D eigenvalue weighted by Gasteiger charge is 2.19. The topological polar surface area (TPSA) is 55.6 Å². The molecule has 2 N–H and O–H groups in total. The predicted octanol–water partition coefficient (Wildman–Crippen LogP) is 3.53. The number of benzene rings is 1. The first-order valence-corrected chi connectivity index (χ1v) is 7.68. The number of hydrogen-bond acceptors (Lipinski definition) is 5. The number of anilines is 2. The number of methoxy groups -OCH3 is 1. The summed E-state index contributed by atoms with van der Waals surface area (Å²) in [5.74, 6) is -0.408. The first-order valence-electron chi connectivity index (χ1n) is 6.80. The first-order chi connectivity index (χ1) is 10.0. The third-order valence-corrected chi connectivity index (χ3v) is 4.19. The van der Waals surface area contributed by atoms with Crippen LogP contribution >= 0.6 is 11.3 Å². The zero-order valence-corrected chi connectivity index (χ0v) is 13.3. The van der Waals surface area contributed by atoms with Crippen molar-refractivity contribution in [2.75, 3.05) is 17.7 Å². The molecule has 4 nitrogen and oxygen atoms in total. The van der Waals surface area contributed by atoms with Gasteiger partial charge in [-0.15, -0.1) is 11.3 Å². The Kier molecular flexibility index (Phi) is 4.85. The van der Waals surface area contributed by atoms with E-state index in [0.29, 0.717) is 11.3 Å². The van der Waals surface area contributed by atoms with Crippen LogP contribution in [0.3, 0.4) is 0 Å². The van der Waals surface area contributed by atoms with E-state index < -0.39 is 5.97 Å². The summed E-state index contributed by atoms with van der Waals surface area (Å²) in [5, 5.41) is 2.06. The number of rotatable bonds is 5. The molecule has 0 bridgehead atoms. The number of thiophene rings is 1. The molecule has 0 saturated carbocycles. The van der Waals surface area contributed by atoms with Crippen LogP contribution in [0.1, 0.15) is 29.1 Å². The van der Waals surface area contributed by atoms with Gasteiger partial charge in [-0.3, -0.25) is 0 Å². The van der Waals surface area contributed by atoms with Gasteiger partial charge in [-0.05, 0) is 37.4 Å². The number of nitrogen functional groups attached to an aromatic ring is 1. The van der Waals surface area contributed by atoms with Crippen LogP contribution in [0.2, 0.25) is 0 Å². The lowest BCUT2D eigenvalue weighted by Crippen LogP contribution is -2.31. The molecule has 0 spiro atoms. The average Bonchev–Trinajstić information content (AvgIpc) is 2.97. The quantitative estimate of drug-likeness (QED) is 0.678. The highest BCUT2D eigenvalue weighted by molar-refractivity contribution is 7.09. The summed E-state index contributed by atoms with van der Waals surface area (Å²) in [6.07, 6.45) is 0. The lowest BCUT2D eigenvalue weighted by atomic mass is 10.1. The van der Waals surface area contributed by atoms with E-state index in [-0.39, 0.29) is 6.04 Å². The average molecular weight is 304 g/mol. The van der Waals surface area contributed by atoms with Crippen molar-refractivity contribution < 1.29 is 9.53 Å². The molecular weight excluding hydrogens is 284 g/mol. The fraction of sp³-hybridized carbons (Fsp3) is 0.312. The number of ether oxygens (including phenoxy) is 1. The molecule has 0 atom stereocenters. The summed E-state index contributed by atoms with van der Waals surface area (Å²) in [6.45, 7) is 4.99. The lowest BCUT2D eigenvalue weighted by Gasteiger charge is -2.30. The van der Waals surface area contributed by atoms with E-state index in [9.17, 15) is 4.79 Å². The number of carbonyl (C=O) groups excluding carboxylic acids is 1. The number of para-hydroxylation sites is 1. The number of carbonyl (C=O) groups is 1.